The molecule has 0 aliphatic carbocycles. The van der Waals surface area contributed by atoms with Crippen LogP contribution in [0.2, 0.25) is 10.0 Å². The number of nitrogens with one attached hydrogen (secondary N) is 1. The van der Waals surface area contributed by atoms with E-state index in [2.05, 4.69) is 15.3 Å². The summed E-state index contributed by atoms with van der Waals surface area (Å²) in [5.41, 5.74) is 9.63. The topological polar surface area (TPSA) is 68.2 Å². The third kappa shape index (κ3) is 2.34. The zero-order valence-electron chi connectivity index (χ0n) is 11.8. The second-order valence-corrected chi connectivity index (χ2v) is 5.89. The van der Waals surface area contributed by atoms with Gasteiger partial charge in [-0.05, 0) is 30.3 Å². The molecule has 0 fully saturated rings. The summed E-state index contributed by atoms with van der Waals surface area (Å²) in [6.45, 7) is 0. The minimum Gasteiger partial charge on any atom is -0.399 e. The van der Waals surface area contributed by atoms with Gasteiger partial charge in [-0.25, -0.2) is 9.97 Å². The number of imidazole rings is 1. The number of nitrogens with two attached hydrogens (primary N) is 1. The van der Waals surface area contributed by atoms with E-state index in [1.165, 1.54) is 0 Å². The Labute approximate surface area is 141 Å². The molecule has 0 saturated carbocycles. The molecule has 0 radical (unpaired) electrons. The summed E-state index contributed by atoms with van der Waals surface area (Å²) < 4.78 is 1.92. The second-order valence-electron chi connectivity index (χ2n) is 5.08. The number of aromatic nitrogens is 3. The van der Waals surface area contributed by atoms with Gasteiger partial charge in [0.1, 0.15) is 5.52 Å². The second kappa shape index (κ2) is 5.30. The van der Waals surface area contributed by atoms with Crippen LogP contribution in [0, 0.1) is 0 Å². The zero-order chi connectivity index (χ0) is 16.0. The summed E-state index contributed by atoms with van der Waals surface area (Å²) in [6.07, 6.45) is 3.45. The van der Waals surface area contributed by atoms with E-state index in [0.29, 0.717) is 27.2 Å². The largest absolute Gasteiger partial charge is 0.399 e. The molecule has 0 spiro atoms. The first-order valence-electron chi connectivity index (χ1n) is 6.86. The lowest BCUT2D eigenvalue weighted by atomic mass is 10.2. The molecular weight excluding hydrogens is 333 g/mol. The molecule has 5 nitrogen and oxygen atoms in total. The van der Waals surface area contributed by atoms with Gasteiger partial charge in [0.05, 0.1) is 39.3 Å². The Morgan fingerprint density at radius 1 is 1.04 bits per heavy atom. The molecule has 0 unspecified atom stereocenters. The molecule has 0 bridgehead atoms. The fourth-order valence-corrected chi connectivity index (χ4v) is 2.99. The van der Waals surface area contributed by atoms with Crippen LogP contribution in [0.25, 0.3) is 16.6 Å². The molecule has 0 amide bonds. The Kier molecular flexibility index (Phi) is 3.25. The monoisotopic (exact) mass is 343 g/mol. The lowest BCUT2D eigenvalue weighted by Crippen LogP contribution is -2.00. The number of nitrogens with zero attached hydrogens (tertiary/aromatic N) is 3. The number of nitrogen functional groups attached to an aromatic ring is 1. The van der Waals surface area contributed by atoms with Crippen LogP contribution in [0.5, 0.6) is 0 Å². The van der Waals surface area contributed by atoms with Gasteiger partial charge in [-0.2, -0.15) is 0 Å². The molecular formula is C16H11Cl2N5. The summed E-state index contributed by atoms with van der Waals surface area (Å²) in [5, 5.41) is 4.25. The Balaban J connectivity index is 1.96. The van der Waals surface area contributed by atoms with Crippen molar-refractivity contribution in [2.75, 3.05) is 11.1 Å². The maximum atomic E-state index is 6.23. The molecule has 0 aliphatic heterocycles. The highest BCUT2D eigenvalue weighted by atomic mass is 35.5. The Morgan fingerprint density at radius 3 is 2.61 bits per heavy atom. The summed E-state index contributed by atoms with van der Waals surface area (Å²) in [6, 6.07) is 10.9. The van der Waals surface area contributed by atoms with Crippen LogP contribution >= 0.6 is 23.2 Å². The van der Waals surface area contributed by atoms with Gasteiger partial charge in [0.25, 0.3) is 0 Å². The fraction of sp³-hybridized carbons (Fsp3) is 0. The molecule has 0 aliphatic rings. The van der Waals surface area contributed by atoms with Crippen LogP contribution in [0.3, 0.4) is 0 Å². The number of halogens is 2. The standard InChI is InChI=1S/C16H11Cl2N5/c17-10-2-1-3-11(18)15(10)22-16-14-7-20-8-23(14)13-6-9(19)4-5-12(13)21-16/h1-8H,19H2,(H,21,22). The number of rotatable bonds is 2. The molecule has 3 N–H and O–H groups in total. The number of anilines is 3. The molecule has 2 aromatic heterocycles. The lowest BCUT2D eigenvalue weighted by molar-refractivity contribution is 1.19. The number of fused-ring (bicyclic) bond motifs is 3. The molecule has 2 heterocycles. The predicted octanol–water partition coefficient (Wildman–Crippen LogP) is 4.52. The van der Waals surface area contributed by atoms with Gasteiger partial charge in [-0.1, -0.05) is 29.3 Å². The third-order valence-corrected chi connectivity index (χ3v) is 4.21. The predicted molar refractivity (Wildman–Crippen MR) is 94.7 cm³/mol. The van der Waals surface area contributed by atoms with Crippen LogP contribution < -0.4 is 11.1 Å². The van der Waals surface area contributed by atoms with E-state index in [0.717, 1.165) is 16.6 Å². The van der Waals surface area contributed by atoms with E-state index in [9.17, 15) is 0 Å². The van der Waals surface area contributed by atoms with Crippen molar-refractivity contribution in [3.63, 3.8) is 0 Å². The highest BCUT2D eigenvalue weighted by Crippen LogP contribution is 2.34. The van der Waals surface area contributed by atoms with Crippen molar-refractivity contribution in [3.05, 3.63) is 59.0 Å². The van der Waals surface area contributed by atoms with E-state index in [-0.39, 0.29) is 0 Å². The normalized spacial score (nSPS) is 11.2. The van der Waals surface area contributed by atoms with Crippen LogP contribution in [0.4, 0.5) is 17.2 Å². The van der Waals surface area contributed by atoms with Crippen molar-refractivity contribution in [3.8, 4) is 0 Å². The summed E-state index contributed by atoms with van der Waals surface area (Å²) in [4.78, 5) is 8.85. The van der Waals surface area contributed by atoms with E-state index >= 15 is 0 Å². The van der Waals surface area contributed by atoms with Crippen LogP contribution in [-0.2, 0) is 0 Å². The Bertz CT molecular complexity index is 1020. The first-order valence-corrected chi connectivity index (χ1v) is 7.61. The summed E-state index contributed by atoms with van der Waals surface area (Å²) >= 11 is 12.5. The summed E-state index contributed by atoms with van der Waals surface area (Å²) in [5.74, 6) is 0.620. The first kappa shape index (κ1) is 14.1. The van der Waals surface area contributed by atoms with Crippen molar-refractivity contribution < 1.29 is 0 Å². The number of para-hydroxylation sites is 1. The van der Waals surface area contributed by atoms with Crippen molar-refractivity contribution in [2.45, 2.75) is 0 Å². The van der Waals surface area contributed by atoms with E-state index < -0.39 is 0 Å². The van der Waals surface area contributed by atoms with E-state index in [4.69, 9.17) is 28.9 Å². The molecule has 7 heteroatoms. The smallest absolute Gasteiger partial charge is 0.157 e. The Morgan fingerprint density at radius 2 is 1.83 bits per heavy atom. The van der Waals surface area contributed by atoms with Gasteiger partial charge >= 0.3 is 0 Å². The Hall–Kier alpha value is -2.50. The number of hydrogen-bond acceptors (Lipinski definition) is 4. The molecule has 2 aromatic carbocycles. The van der Waals surface area contributed by atoms with Gasteiger partial charge in [0.2, 0.25) is 0 Å². The molecule has 4 rings (SSSR count). The fourth-order valence-electron chi connectivity index (χ4n) is 2.50. The highest BCUT2D eigenvalue weighted by molar-refractivity contribution is 6.39. The maximum Gasteiger partial charge on any atom is 0.157 e. The van der Waals surface area contributed by atoms with E-state index in [1.807, 2.05) is 22.6 Å². The quantitative estimate of drug-likeness (QED) is 0.525. The summed E-state index contributed by atoms with van der Waals surface area (Å²) in [7, 11) is 0. The van der Waals surface area contributed by atoms with Crippen molar-refractivity contribution in [1.29, 1.82) is 0 Å². The minimum absolute atomic E-state index is 0.523. The first-order chi connectivity index (χ1) is 11.1. The molecule has 0 atom stereocenters. The van der Waals surface area contributed by atoms with Crippen LogP contribution in [-0.4, -0.2) is 14.4 Å². The van der Waals surface area contributed by atoms with Gasteiger partial charge in [-0.3, -0.25) is 4.40 Å². The van der Waals surface area contributed by atoms with Gasteiger partial charge in [0.15, 0.2) is 5.82 Å². The van der Waals surface area contributed by atoms with Crippen molar-refractivity contribution >= 4 is 56.9 Å². The van der Waals surface area contributed by atoms with Crippen molar-refractivity contribution in [2.24, 2.45) is 0 Å². The van der Waals surface area contributed by atoms with Gasteiger partial charge in [-0.15, -0.1) is 0 Å². The zero-order valence-corrected chi connectivity index (χ0v) is 13.3. The van der Waals surface area contributed by atoms with Crippen LogP contribution in [0.1, 0.15) is 0 Å². The minimum atomic E-state index is 0.523. The molecule has 0 saturated heterocycles. The van der Waals surface area contributed by atoms with Gasteiger partial charge in [0, 0.05) is 5.69 Å². The lowest BCUT2D eigenvalue weighted by Gasteiger charge is -2.12. The molecule has 114 valence electrons. The van der Waals surface area contributed by atoms with Crippen molar-refractivity contribution in [1.82, 2.24) is 14.4 Å². The van der Waals surface area contributed by atoms with Crippen LogP contribution in [0.15, 0.2) is 48.9 Å². The number of hydrogen-bond donors (Lipinski definition) is 2. The van der Waals surface area contributed by atoms with Gasteiger partial charge < -0.3 is 11.1 Å². The molecule has 23 heavy (non-hydrogen) atoms. The highest BCUT2D eigenvalue weighted by Gasteiger charge is 2.12. The average molecular weight is 344 g/mol. The van der Waals surface area contributed by atoms with E-state index in [1.54, 1.807) is 30.7 Å². The average Bonchev–Trinajstić information content (AvgIpc) is 3.01. The number of benzene rings is 2. The third-order valence-electron chi connectivity index (χ3n) is 3.58. The maximum absolute atomic E-state index is 6.23. The SMILES string of the molecule is Nc1ccc2nc(Nc3c(Cl)cccc3Cl)c3cncn3c2c1. The molecule has 4 aromatic rings.